The Balaban J connectivity index is 1.73. The number of rotatable bonds is 11. The number of halogens is 1. The fourth-order valence-electron chi connectivity index (χ4n) is 2.92. The number of methoxy groups -OCH3 is 1. The van der Waals surface area contributed by atoms with Gasteiger partial charge in [-0.1, -0.05) is 0 Å². The van der Waals surface area contributed by atoms with Gasteiger partial charge < -0.3 is 0 Å². The summed E-state index contributed by atoms with van der Waals surface area (Å²) in [6.07, 6.45) is 2.90. The summed E-state index contributed by atoms with van der Waals surface area (Å²) in [4.78, 5) is 13.0. The Hall–Kier alpha value is -2.39. The topological polar surface area (TPSA) is 120 Å². The van der Waals surface area contributed by atoms with Gasteiger partial charge in [0.2, 0.25) is 0 Å². The fraction of sp³-hybridized carbons (Fsp3) is 0.286. The molecular weight excluding hydrogens is 496 g/mol. The first-order chi connectivity index (χ1) is 15.4. The van der Waals surface area contributed by atoms with Gasteiger partial charge in [0.1, 0.15) is 0 Å². The summed E-state index contributed by atoms with van der Waals surface area (Å²) in [7, 11) is -1.97. The van der Waals surface area contributed by atoms with Crippen LogP contribution in [0.2, 0.25) is 0 Å². The molecule has 0 aliphatic heterocycles. The number of nitrogens with two attached hydrogens (primary N) is 1. The number of sulfonamides is 1. The van der Waals surface area contributed by atoms with E-state index in [0.717, 1.165) is 10.8 Å². The molecule has 2 aromatic carbocycles. The van der Waals surface area contributed by atoms with E-state index in [4.69, 9.17) is 10.5 Å². The van der Waals surface area contributed by atoms with Crippen molar-refractivity contribution in [3.8, 4) is 17.1 Å². The van der Waals surface area contributed by atoms with Crippen LogP contribution in [-0.4, -0.2) is 59.3 Å². The average molecular weight is 520 g/mol. The van der Waals surface area contributed by atoms with Crippen molar-refractivity contribution in [3.63, 3.8) is 0 Å². The van der Waals surface area contributed by atoms with Crippen LogP contribution >= 0.6 is 0 Å². The minimum atomic E-state index is -3.42. The molecule has 0 spiro atoms. The van der Waals surface area contributed by atoms with Gasteiger partial charge in [0.25, 0.3) is 0 Å². The number of hydrogen-bond acceptors (Lipinski definition) is 7. The first kappa shape index (κ1) is 24.3. The second-order valence-corrected chi connectivity index (χ2v) is 11.1. The van der Waals surface area contributed by atoms with Crippen LogP contribution in [0.3, 0.4) is 0 Å². The summed E-state index contributed by atoms with van der Waals surface area (Å²) in [6.45, 7) is 0.922. The van der Waals surface area contributed by atoms with Crippen molar-refractivity contribution in [3.05, 3.63) is 60.2 Å². The number of benzene rings is 2. The van der Waals surface area contributed by atoms with Crippen LogP contribution in [0.4, 0.5) is 4.39 Å². The molecule has 169 valence electrons. The zero-order valence-electron chi connectivity index (χ0n) is 17.5. The minimum absolute atomic E-state index is 0.0974. The van der Waals surface area contributed by atoms with Gasteiger partial charge in [-0.3, -0.25) is 0 Å². The third-order valence-electron chi connectivity index (χ3n) is 4.41. The average Bonchev–Trinajstić information content (AvgIpc) is 2.77. The van der Waals surface area contributed by atoms with Crippen molar-refractivity contribution < 1.29 is 17.5 Å². The predicted molar refractivity (Wildman–Crippen MR) is 122 cm³/mol. The van der Waals surface area contributed by atoms with E-state index >= 15 is 0 Å². The van der Waals surface area contributed by atoms with Crippen LogP contribution in [0, 0.1) is 5.82 Å². The van der Waals surface area contributed by atoms with Gasteiger partial charge in [0.15, 0.2) is 0 Å². The van der Waals surface area contributed by atoms with Crippen LogP contribution in [0.25, 0.3) is 11.4 Å². The molecule has 3 N–H and O–H groups in total. The van der Waals surface area contributed by atoms with Crippen molar-refractivity contribution in [2.75, 3.05) is 20.2 Å². The Bertz CT molecular complexity index is 1160. The molecule has 0 amide bonds. The molecule has 1 radical (unpaired) electrons. The summed E-state index contributed by atoms with van der Waals surface area (Å²) in [5, 5.41) is 0. The Morgan fingerprint density at radius 1 is 1.16 bits per heavy atom. The molecule has 3 rings (SSSR count). The van der Waals surface area contributed by atoms with E-state index in [1.807, 2.05) is 18.2 Å². The number of nitrogens with zero attached hydrogens (tertiary/aromatic N) is 3. The summed E-state index contributed by atoms with van der Waals surface area (Å²) >= 11 is -0.611. The van der Waals surface area contributed by atoms with E-state index in [2.05, 4.69) is 19.7 Å². The fourth-order valence-corrected chi connectivity index (χ4v) is 5.93. The van der Waals surface area contributed by atoms with Crippen LogP contribution in [0.5, 0.6) is 5.75 Å². The molecule has 0 aliphatic rings. The third-order valence-corrected chi connectivity index (χ3v) is 7.77. The van der Waals surface area contributed by atoms with E-state index < -0.39 is 31.6 Å². The third kappa shape index (κ3) is 7.06. The molecule has 0 unspecified atom stereocenters. The van der Waals surface area contributed by atoms with Crippen molar-refractivity contribution in [1.29, 1.82) is 0 Å². The van der Waals surface area contributed by atoms with Crippen molar-refractivity contribution in [2.45, 2.75) is 18.6 Å². The Morgan fingerprint density at radius 3 is 2.78 bits per heavy atom. The Labute approximate surface area is 193 Å². The zero-order valence-corrected chi connectivity index (χ0v) is 20.2. The molecule has 8 nitrogen and oxygen atoms in total. The number of aromatic nitrogens is 3. The van der Waals surface area contributed by atoms with Crippen LogP contribution in [0.15, 0.2) is 48.8 Å². The monoisotopic (exact) mass is 520 g/mol. The number of hydrogen-bond donors (Lipinski definition) is 2. The van der Waals surface area contributed by atoms with E-state index in [1.165, 1.54) is 25.6 Å². The van der Waals surface area contributed by atoms with Crippen LogP contribution in [0.1, 0.15) is 18.4 Å². The summed E-state index contributed by atoms with van der Waals surface area (Å²) in [6, 6.07) is 11.6. The summed E-state index contributed by atoms with van der Waals surface area (Å²) in [5.74, 6) is 0.221. The van der Waals surface area contributed by atoms with E-state index in [9.17, 15) is 12.8 Å². The summed E-state index contributed by atoms with van der Waals surface area (Å²) < 4.78 is 47.5. The molecule has 0 fully saturated rings. The Morgan fingerprint density at radius 2 is 2.00 bits per heavy atom. The molecule has 1 aromatic heterocycles. The molecule has 0 saturated carbocycles. The van der Waals surface area contributed by atoms with E-state index in [1.54, 1.807) is 12.1 Å². The molecule has 1 heterocycles. The maximum absolute atomic E-state index is 13.5. The van der Waals surface area contributed by atoms with Gasteiger partial charge in [-0.15, -0.1) is 0 Å². The van der Waals surface area contributed by atoms with Gasteiger partial charge >= 0.3 is 194 Å². The molecule has 0 aliphatic carbocycles. The maximum atomic E-state index is 13.5. The second kappa shape index (κ2) is 11.5. The van der Waals surface area contributed by atoms with Crippen LogP contribution in [-0.2, 0) is 15.8 Å². The quantitative estimate of drug-likeness (QED) is 0.279. The van der Waals surface area contributed by atoms with Gasteiger partial charge in [0.05, 0.1) is 0 Å². The molecule has 32 heavy (non-hydrogen) atoms. The van der Waals surface area contributed by atoms with Gasteiger partial charge in [-0.2, -0.15) is 0 Å². The molecule has 11 heteroatoms. The molecule has 0 saturated heterocycles. The summed E-state index contributed by atoms with van der Waals surface area (Å²) in [5.41, 5.74) is 6.70. The van der Waals surface area contributed by atoms with E-state index in [0.29, 0.717) is 46.8 Å². The van der Waals surface area contributed by atoms with Gasteiger partial charge in [-0.25, -0.2) is 0 Å². The first-order valence-electron chi connectivity index (χ1n) is 9.91. The first-order valence-corrected chi connectivity index (χ1v) is 13.4. The normalized spacial score (nSPS) is 11.8. The van der Waals surface area contributed by atoms with Crippen molar-refractivity contribution in [2.24, 2.45) is 5.73 Å². The molecule has 3 aromatic rings. The van der Waals surface area contributed by atoms with Crippen LogP contribution < -0.4 is 24.2 Å². The second-order valence-electron chi connectivity index (χ2n) is 6.88. The van der Waals surface area contributed by atoms with Crippen molar-refractivity contribution >= 4 is 34.7 Å². The van der Waals surface area contributed by atoms with Gasteiger partial charge in [-0.05, 0) is 0 Å². The number of unbranched alkanes of at least 4 members (excludes halogenated alkanes) is 1. The van der Waals surface area contributed by atoms with Crippen molar-refractivity contribution in [1.82, 2.24) is 19.7 Å². The number of nitrogens with one attached hydrogen (secondary N) is 1. The zero-order chi connectivity index (χ0) is 23.0. The predicted octanol–water partition coefficient (Wildman–Crippen LogP) is 0.500. The SMILES string of the molecule is COc1cc(F)ccc1-c1ncnc([As]c2cccc(CS(=O)(=O)NCCCCN)c2)n1. The Kier molecular flexibility index (Phi) is 8.69. The standard InChI is InChI=1S/C21H24AsFN5O3S/c1-31-19-12-17(23)7-8-18(19)20-25-14-26-21(28-20)22-16-6-4-5-15(11-16)13-32(29,30)27-10-3-2-9-24/h4-8,11-12,14,27H,2-3,9-10,13,24H2,1H3. The van der Waals surface area contributed by atoms with E-state index in [-0.39, 0.29) is 5.75 Å². The number of ether oxygens (including phenoxy) is 1. The molecular formula is C21H24AsFN5O3S. The molecule has 0 bridgehead atoms. The molecule has 0 atom stereocenters. The van der Waals surface area contributed by atoms with Gasteiger partial charge in [0, 0.05) is 0 Å².